The molecule has 2 heterocycles. The number of piperidine rings is 1. The lowest BCUT2D eigenvalue weighted by atomic mass is 9.98. The Hall–Kier alpha value is -0.940. The van der Waals surface area contributed by atoms with Crippen molar-refractivity contribution in [3.05, 3.63) is 16.1 Å². The zero-order chi connectivity index (χ0) is 15.2. The Morgan fingerprint density at radius 2 is 2.38 bits per heavy atom. The van der Waals surface area contributed by atoms with Crippen molar-refractivity contribution < 1.29 is 4.79 Å². The van der Waals surface area contributed by atoms with E-state index in [1.807, 2.05) is 11.9 Å². The Balaban J connectivity index is 1.91. The van der Waals surface area contributed by atoms with Gasteiger partial charge in [0.2, 0.25) is 5.91 Å². The predicted molar refractivity (Wildman–Crippen MR) is 87.9 cm³/mol. The summed E-state index contributed by atoms with van der Waals surface area (Å²) in [6.07, 6.45) is 3.83. The summed E-state index contributed by atoms with van der Waals surface area (Å²) in [6, 6.07) is 0. The second-order valence-electron chi connectivity index (χ2n) is 6.15. The first-order valence-corrected chi connectivity index (χ1v) is 8.87. The monoisotopic (exact) mass is 309 g/mol. The normalized spacial score (nSPS) is 19.2. The van der Waals surface area contributed by atoms with Crippen molar-refractivity contribution in [1.29, 1.82) is 0 Å². The fourth-order valence-corrected chi connectivity index (χ4v) is 3.84. The van der Waals surface area contributed by atoms with Crippen LogP contribution >= 0.6 is 11.3 Å². The molecule has 0 bridgehead atoms. The van der Waals surface area contributed by atoms with Crippen LogP contribution in [0.5, 0.6) is 0 Å². The van der Waals surface area contributed by atoms with Gasteiger partial charge in [-0.3, -0.25) is 4.79 Å². The predicted octanol–water partition coefficient (Wildman–Crippen LogP) is 2.97. The number of hydrogen-bond acceptors (Lipinski definition) is 4. The summed E-state index contributed by atoms with van der Waals surface area (Å²) in [5, 5.41) is 6.48. The molecule has 1 N–H and O–H groups in total. The van der Waals surface area contributed by atoms with Gasteiger partial charge in [0.1, 0.15) is 0 Å². The van der Waals surface area contributed by atoms with Crippen LogP contribution in [0.4, 0.5) is 0 Å². The molecule has 0 spiro atoms. The van der Waals surface area contributed by atoms with Crippen LogP contribution in [-0.2, 0) is 4.79 Å². The molecule has 118 valence electrons. The second-order valence-corrected chi connectivity index (χ2v) is 7.04. The molecule has 5 heteroatoms. The number of rotatable bonds is 6. The van der Waals surface area contributed by atoms with E-state index >= 15 is 0 Å². The number of nitrogens with zero attached hydrogens (tertiary/aromatic N) is 2. The van der Waals surface area contributed by atoms with Gasteiger partial charge in [-0.25, -0.2) is 4.98 Å². The van der Waals surface area contributed by atoms with E-state index in [1.54, 1.807) is 11.3 Å². The maximum atomic E-state index is 12.2. The number of aromatic nitrogens is 1. The van der Waals surface area contributed by atoms with E-state index < -0.39 is 0 Å². The lowest BCUT2D eigenvalue weighted by molar-refractivity contribution is -0.132. The Morgan fingerprint density at radius 1 is 1.57 bits per heavy atom. The maximum absolute atomic E-state index is 12.2. The van der Waals surface area contributed by atoms with E-state index in [1.165, 1.54) is 10.7 Å². The Morgan fingerprint density at radius 3 is 3.05 bits per heavy atom. The molecule has 1 aliphatic heterocycles. The SMILES string of the molecule is CNCCCC(=O)N1CCCC(c2nc(C(C)C)cs2)C1. The molecule has 1 fully saturated rings. The van der Waals surface area contributed by atoms with Crippen LogP contribution in [0.25, 0.3) is 0 Å². The first kappa shape index (κ1) is 16.4. The number of hydrogen-bond donors (Lipinski definition) is 1. The van der Waals surface area contributed by atoms with Crippen molar-refractivity contribution >= 4 is 17.2 Å². The van der Waals surface area contributed by atoms with Crippen molar-refractivity contribution in [3.8, 4) is 0 Å². The van der Waals surface area contributed by atoms with Crippen LogP contribution in [0.2, 0.25) is 0 Å². The largest absolute Gasteiger partial charge is 0.342 e. The first-order chi connectivity index (χ1) is 10.1. The van der Waals surface area contributed by atoms with E-state index in [-0.39, 0.29) is 0 Å². The molecular formula is C16H27N3OS. The summed E-state index contributed by atoms with van der Waals surface area (Å²) in [5.41, 5.74) is 1.19. The summed E-state index contributed by atoms with van der Waals surface area (Å²) in [7, 11) is 1.93. The molecule has 0 aliphatic carbocycles. The highest BCUT2D eigenvalue weighted by molar-refractivity contribution is 7.09. The third-order valence-electron chi connectivity index (χ3n) is 4.07. The van der Waals surface area contributed by atoms with Crippen molar-refractivity contribution in [1.82, 2.24) is 15.2 Å². The third-order valence-corrected chi connectivity index (χ3v) is 5.10. The van der Waals surface area contributed by atoms with Gasteiger partial charge < -0.3 is 10.2 Å². The lowest BCUT2D eigenvalue weighted by Gasteiger charge is -2.32. The molecule has 1 unspecified atom stereocenters. The van der Waals surface area contributed by atoms with Gasteiger partial charge in [-0.05, 0) is 38.8 Å². The standard InChI is InChI=1S/C16H27N3OS/c1-12(2)14-11-21-16(18-14)13-6-5-9-19(10-13)15(20)7-4-8-17-3/h11-13,17H,4-10H2,1-3H3. The molecule has 0 aromatic carbocycles. The van der Waals surface area contributed by atoms with Crippen LogP contribution < -0.4 is 5.32 Å². The average Bonchev–Trinajstić information content (AvgIpc) is 2.97. The minimum absolute atomic E-state index is 0.301. The first-order valence-electron chi connectivity index (χ1n) is 7.99. The molecule has 1 aliphatic rings. The fraction of sp³-hybridized carbons (Fsp3) is 0.750. The maximum Gasteiger partial charge on any atom is 0.222 e. The topological polar surface area (TPSA) is 45.2 Å². The van der Waals surface area contributed by atoms with Crippen LogP contribution in [0.1, 0.15) is 62.1 Å². The third kappa shape index (κ3) is 4.51. The minimum Gasteiger partial charge on any atom is -0.342 e. The Kier molecular flexibility index (Phi) is 6.18. The van der Waals surface area contributed by atoms with Gasteiger partial charge in [-0.2, -0.15) is 0 Å². The van der Waals surface area contributed by atoms with Gasteiger partial charge in [0, 0.05) is 30.8 Å². The summed E-state index contributed by atoms with van der Waals surface area (Å²) < 4.78 is 0. The van der Waals surface area contributed by atoms with E-state index in [0.29, 0.717) is 24.2 Å². The highest BCUT2D eigenvalue weighted by atomic mass is 32.1. The van der Waals surface area contributed by atoms with Gasteiger partial charge in [0.05, 0.1) is 10.7 Å². The number of carbonyl (C=O) groups is 1. The molecule has 21 heavy (non-hydrogen) atoms. The lowest BCUT2D eigenvalue weighted by Crippen LogP contribution is -2.39. The molecular weight excluding hydrogens is 282 g/mol. The van der Waals surface area contributed by atoms with E-state index in [4.69, 9.17) is 4.98 Å². The fourth-order valence-electron chi connectivity index (χ4n) is 2.73. The van der Waals surface area contributed by atoms with Crippen molar-refractivity contribution in [2.45, 2.75) is 51.4 Å². The highest BCUT2D eigenvalue weighted by Crippen LogP contribution is 2.31. The van der Waals surface area contributed by atoms with Crippen molar-refractivity contribution in [2.75, 3.05) is 26.7 Å². The molecule has 1 saturated heterocycles. The molecule has 4 nitrogen and oxygen atoms in total. The smallest absolute Gasteiger partial charge is 0.222 e. The van der Waals surface area contributed by atoms with Crippen LogP contribution in [0, 0.1) is 0 Å². The van der Waals surface area contributed by atoms with Gasteiger partial charge in [-0.15, -0.1) is 11.3 Å². The highest BCUT2D eigenvalue weighted by Gasteiger charge is 2.26. The van der Waals surface area contributed by atoms with Gasteiger partial charge in [0.15, 0.2) is 0 Å². The molecule has 1 atom stereocenters. The summed E-state index contributed by atoms with van der Waals surface area (Å²) in [5.74, 6) is 1.22. The quantitative estimate of drug-likeness (QED) is 0.822. The number of nitrogens with one attached hydrogen (secondary N) is 1. The zero-order valence-corrected chi connectivity index (χ0v) is 14.2. The van der Waals surface area contributed by atoms with E-state index in [9.17, 15) is 4.79 Å². The van der Waals surface area contributed by atoms with Gasteiger partial charge in [-0.1, -0.05) is 13.8 Å². The molecule has 0 radical (unpaired) electrons. The van der Waals surface area contributed by atoms with E-state index in [2.05, 4.69) is 24.5 Å². The number of likely N-dealkylation sites (tertiary alicyclic amines) is 1. The van der Waals surface area contributed by atoms with Crippen molar-refractivity contribution in [3.63, 3.8) is 0 Å². The molecule has 0 saturated carbocycles. The van der Waals surface area contributed by atoms with Crippen LogP contribution in [0.3, 0.4) is 0 Å². The molecule has 2 rings (SSSR count). The number of thiazole rings is 1. The summed E-state index contributed by atoms with van der Waals surface area (Å²) >= 11 is 1.76. The number of amides is 1. The molecule has 1 aromatic heterocycles. The number of carbonyl (C=O) groups excluding carboxylic acids is 1. The Bertz CT molecular complexity index is 458. The van der Waals surface area contributed by atoms with Gasteiger partial charge >= 0.3 is 0 Å². The summed E-state index contributed by atoms with van der Waals surface area (Å²) in [6.45, 7) is 7.03. The Labute approximate surface area is 132 Å². The van der Waals surface area contributed by atoms with Crippen LogP contribution in [-0.4, -0.2) is 42.5 Å². The summed E-state index contributed by atoms with van der Waals surface area (Å²) in [4.78, 5) is 19.1. The minimum atomic E-state index is 0.301. The van der Waals surface area contributed by atoms with Crippen molar-refractivity contribution in [2.24, 2.45) is 0 Å². The van der Waals surface area contributed by atoms with Crippen LogP contribution in [0.15, 0.2) is 5.38 Å². The molecule has 1 aromatic rings. The zero-order valence-electron chi connectivity index (χ0n) is 13.4. The second kappa shape index (κ2) is 7.90. The average molecular weight is 309 g/mol. The van der Waals surface area contributed by atoms with Gasteiger partial charge in [0.25, 0.3) is 0 Å². The van der Waals surface area contributed by atoms with E-state index in [0.717, 1.165) is 38.9 Å². The molecule has 1 amide bonds.